The van der Waals surface area contributed by atoms with E-state index >= 15 is 0 Å². The van der Waals surface area contributed by atoms with Crippen molar-refractivity contribution in [3.8, 4) is 11.4 Å². The maximum absolute atomic E-state index is 12.8. The van der Waals surface area contributed by atoms with E-state index in [-0.39, 0.29) is 12.3 Å². The first-order valence-corrected chi connectivity index (χ1v) is 12.1. The van der Waals surface area contributed by atoms with Crippen molar-refractivity contribution in [2.45, 2.75) is 12.8 Å². The Bertz CT molecular complexity index is 1060. The number of nitrogens with one attached hydrogen (secondary N) is 1. The third kappa shape index (κ3) is 5.35. The summed E-state index contributed by atoms with van der Waals surface area (Å²) in [6.45, 7) is 6.14. The van der Waals surface area contributed by atoms with E-state index in [2.05, 4.69) is 37.4 Å². The maximum Gasteiger partial charge on any atom is 0.227 e. The Labute approximate surface area is 196 Å². The van der Waals surface area contributed by atoms with Crippen molar-refractivity contribution in [1.29, 1.82) is 0 Å². The fourth-order valence-corrected chi connectivity index (χ4v) is 4.64. The Kier molecular flexibility index (Phi) is 6.84. The van der Waals surface area contributed by atoms with Gasteiger partial charge in [0, 0.05) is 55.7 Å². The Balaban J connectivity index is 1.26. The number of benzene rings is 1. The van der Waals surface area contributed by atoms with Crippen LogP contribution in [-0.2, 0) is 20.7 Å². The fourth-order valence-electron chi connectivity index (χ4n) is 4.01. The number of ether oxygens (including phenoxy) is 2. The zero-order chi connectivity index (χ0) is 22.5. The van der Waals surface area contributed by atoms with Crippen molar-refractivity contribution in [1.82, 2.24) is 10.1 Å². The summed E-state index contributed by atoms with van der Waals surface area (Å²) < 4.78 is 16.3. The van der Waals surface area contributed by atoms with Gasteiger partial charge >= 0.3 is 0 Å². The second kappa shape index (κ2) is 10.3. The molecule has 2 aliphatic rings. The van der Waals surface area contributed by atoms with E-state index in [1.807, 2.05) is 22.9 Å². The van der Waals surface area contributed by atoms with Gasteiger partial charge in [0.15, 0.2) is 0 Å². The normalized spacial score (nSPS) is 16.7. The second-order valence-electron chi connectivity index (χ2n) is 7.97. The number of hydrogen-bond donors (Lipinski definition) is 1. The van der Waals surface area contributed by atoms with Crippen LogP contribution in [0.2, 0.25) is 0 Å². The van der Waals surface area contributed by atoms with E-state index in [1.54, 1.807) is 11.3 Å². The first-order chi connectivity index (χ1) is 16.3. The van der Waals surface area contributed by atoms with Crippen LogP contribution in [0.5, 0.6) is 0 Å². The smallest absolute Gasteiger partial charge is 0.227 e. The number of amides is 1. The molecule has 2 saturated heterocycles. The van der Waals surface area contributed by atoms with E-state index in [0.29, 0.717) is 31.3 Å². The number of carbonyl (C=O) groups is 1. The number of rotatable bonds is 7. The average molecular weight is 470 g/mol. The number of morpholine rings is 2. The van der Waals surface area contributed by atoms with E-state index < -0.39 is 0 Å². The zero-order valence-corrected chi connectivity index (χ0v) is 19.2. The van der Waals surface area contributed by atoms with E-state index in [9.17, 15) is 4.79 Å². The molecule has 0 atom stereocenters. The molecular formula is C23H27N5O4S. The van der Waals surface area contributed by atoms with Crippen LogP contribution >= 0.6 is 11.3 Å². The van der Waals surface area contributed by atoms with Crippen molar-refractivity contribution in [2.24, 2.45) is 0 Å². The lowest BCUT2D eigenvalue weighted by Crippen LogP contribution is -2.38. The number of carbonyl (C=O) groups excluding carboxylic acids is 1. The van der Waals surface area contributed by atoms with E-state index in [0.717, 1.165) is 62.0 Å². The third-order valence-corrected chi connectivity index (χ3v) is 6.48. The molecule has 0 unspecified atom stereocenters. The van der Waals surface area contributed by atoms with Crippen LogP contribution in [0.3, 0.4) is 0 Å². The third-order valence-electron chi connectivity index (χ3n) is 5.80. The monoisotopic (exact) mass is 469 g/mol. The molecule has 0 saturated carbocycles. The molecule has 1 N–H and O–H groups in total. The largest absolute Gasteiger partial charge is 0.378 e. The molecule has 0 aliphatic carbocycles. The number of thiophene rings is 1. The summed E-state index contributed by atoms with van der Waals surface area (Å²) >= 11 is 1.58. The standard InChI is InChI=1S/C23H27N5O4S/c29-21(3-4-22-25-23(26-32-22)17-5-14-33-16-17)24-19-2-1-18(27-6-10-30-11-7-27)15-20(19)28-8-12-31-13-9-28/h1-2,5,14-16H,3-4,6-13H2,(H,24,29). The highest BCUT2D eigenvalue weighted by Crippen LogP contribution is 2.32. The van der Waals surface area contributed by atoms with Gasteiger partial charge in [0.2, 0.25) is 17.6 Å². The summed E-state index contributed by atoms with van der Waals surface area (Å²) in [5.74, 6) is 0.932. The van der Waals surface area contributed by atoms with Gasteiger partial charge < -0.3 is 29.1 Å². The molecule has 2 fully saturated rings. The summed E-state index contributed by atoms with van der Waals surface area (Å²) in [4.78, 5) is 21.8. The Morgan fingerprint density at radius 2 is 1.79 bits per heavy atom. The fraction of sp³-hybridized carbons (Fsp3) is 0.435. The lowest BCUT2D eigenvalue weighted by atomic mass is 10.1. The predicted octanol–water partition coefficient (Wildman–Crippen LogP) is 3.04. The minimum absolute atomic E-state index is 0.0843. The van der Waals surface area contributed by atoms with Crippen LogP contribution in [-0.4, -0.2) is 68.7 Å². The van der Waals surface area contributed by atoms with Gasteiger partial charge in [-0.25, -0.2) is 0 Å². The van der Waals surface area contributed by atoms with Crippen molar-refractivity contribution < 1.29 is 18.8 Å². The molecule has 174 valence electrons. The molecule has 9 nitrogen and oxygen atoms in total. The van der Waals surface area contributed by atoms with Crippen molar-refractivity contribution in [2.75, 3.05) is 67.7 Å². The number of anilines is 3. The quantitative estimate of drug-likeness (QED) is 0.565. The van der Waals surface area contributed by atoms with Crippen LogP contribution in [0.15, 0.2) is 39.5 Å². The number of aryl methyl sites for hydroxylation is 1. The minimum Gasteiger partial charge on any atom is -0.378 e. The SMILES string of the molecule is O=C(CCc1nc(-c2ccsc2)no1)Nc1ccc(N2CCOCC2)cc1N1CCOCC1. The molecule has 10 heteroatoms. The van der Waals surface area contributed by atoms with Gasteiger partial charge in [0.1, 0.15) is 0 Å². The highest BCUT2D eigenvalue weighted by Gasteiger charge is 2.20. The van der Waals surface area contributed by atoms with E-state index in [4.69, 9.17) is 14.0 Å². The van der Waals surface area contributed by atoms with Crippen LogP contribution in [0.4, 0.5) is 17.1 Å². The topological polar surface area (TPSA) is 93.0 Å². The summed E-state index contributed by atoms with van der Waals surface area (Å²) in [6, 6.07) is 8.17. The molecule has 0 spiro atoms. The van der Waals surface area contributed by atoms with Gasteiger partial charge in [-0.1, -0.05) is 5.16 Å². The molecule has 2 aliphatic heterocycles. The van der Waals surface area contributed by atoms with Crippen LogP contribution in [0.1, 0.15) is 12.3 Å². The van der Waals surface area contributed by atoms with Crippen molar-refractivity contribution in [3.63, 3.8) is 0 Å². The van der Waals surface area contributed by atoms with Gasteiger partial charge in [-0.3, -0.25) is 4.79 Å². The van der Waals surface area contributed by atoms with Crippen molar-refractivity contribution >= 4 is 34.3 Å². The van der Waals surface area contributed by atoms with Gasteiger partial charge in [-0.2, -0.15) is 16.3 Å². The molecule has 1 aromatic carbocycles. The van der Waals surface area contributed by atoms with Crippen molar-refractivity contribution in [3.05, 3.63) is 40.9 Å². The lowest BCUT2D eigenvalue weighted by molar-refractivity contribution is -0.116. The first-order valence-electron chi connectivity index (χ1n) is 11.2. The number of aromatic nitrogens is 2. The number of hydrogen-bond acceptors (Lipinski definition) is 9. The highest BCUT2D eigenvalue weighted by atomic mass is 32.1. The summed E-state index contributed by atoms with van der Waals surface area (Å²) in [7, 11) is 0. The summed E-state index contributed by atoms with van der Waals surface area (Å²) in [5, 5.41) is 11.0. The summed E-state index contributed by atoms with van der Waals surface area (Å²) in [6.07, 6.45) is 0.654. The van der Waals surface area contributed by atoms with Gasteiger partial charge in [0.05, 0.1) is 37.8 Å². The molecule has 5 rings (SSSR count). The molecule has 33 heavy (non-hydrogen) atoms. The minimum atomic E-state index is -0.0843. The molecule has 4 heterocycles. The zero-order valence-electron chi connectivity index (χ0n) is 18.4. The highest BCUT2D eigenvalue weighted by molar-refractivity contribution is 7.08. The van der Waals surface area contributed by atoms with Gasteiger partial charge in [0.25, 0.3) is 0 Å². The number of nitrogens with zero attached hydrogens (tertiary/aromatic N) is 4. The molecule has 0 radical (unpaired) electrons. The Morgan fingerprint density at radius 3 is 2.52 bits per heavy atom. The molecule has 2 aromatic heterocycles. The second-order valence-corrected chi connectivity index (χ2v) is 8.75. The molecule has 3 aromatic rings. The van der Waals surface area contributed by atoms with Gasteiger partial charge in [-0.15, -0.1) is 0 Å². The molecule has 1 amide bonds. The van der Waals surface area contributed by atoms with Crippen LogP contribution in [0.25, 0.3) is 11.4 Å². The predicted molar refractivity (Wildman–Crippen MR) is 127 cm³/mol. The maximum atomic E-state index is 12.8. The van der Waals surface area contributed by atoms with E-state index in [1.165, 1.54) is 0 Å². The average Bonchev–Trinajstić information content (AvgIpc) is 3.56. The molecule has 0 bridgehead atoms. The van der Waals surface area contributed by atoms with Crippen LogP contribution < -0.4 is 15.1 Å². The van der Waals surface area contributed by atoms with Gasteiger partial charge in [-0.05, 0) is 29.6 Å². The lowest BCUT2D eigenvalue weighted by Gasteiger charge is -2.33. The summed E-state index contributed by atoms with van der Waals surface area (Å²) in [5.41, 5.74) is 3.90. The Morgan fingerprint density at radius 1 is 1.03 bits per heavy atom. The molecular weight excluding hydrogens is 442 g/mol. The Hall–Kier alpha value is -2.95. The first kappa shape index (κ1) is 21.9. The van der Waals surface area contributed by atoms with Crippen LogP contribution in [0, 0.1) is 0 Å².